The standard InChI is InChI=1S/C14H13NO6/c1-9-3-4-11(19-2)10(7-9)8-20-14(16)12-5-6-13(21-12)15(17)18/h3-7H,8H2,1-2H3. The molecular weight excluding hydrogens is 278 g/mol. The number of rotatable bonds is 5. The lowest BCUT2D eigenvalue weighted by molar-refractivity contribution is -0.402. The highest BCUT2D eigenvalue weighted by atomic mass is 16.7. The van der Waals surface area contributed by atoms with Gasteiger partial charge in [0, 0.05) is 5.56 Å². The average molecular weight is 291 g/mol. The lowest BCUT2D eigenvalue weighted by Gasteiger charge is -2.09. The molecule has 0 aliphatic rings. The normalized spacial score (nSPS) is 10.2. The second-order valence-corrected chi connectivity index (χ2v) is 4.29. The number of benzene rings is 1. The topological polar surface area (TPSA) is 91.8 Å². The molecule has 1 heterocycles. The Balaban J connectivity index is 2.07. The maximum Gasteiger partial charge on any atom is 0.433 e. The number of hydrogen-bond donors (Lipinski definition) is 0. The number of furan rings is 1. The fraction of sp³-hybridized carbons (Fsp3) is 0.214. The summed E-state index contributed by atoms with van der Waals surface area (Å²) in [4.78, 5) is 21.5. The van der Waals surface area contributed by atoms with Gasteiger partial charge in [-0.25, -0.2) is 4.79 Å². The van der Waals surface area contributed by atoms with E-state index in [1.54, 1.807) is 6.07 Å². The van der Waals surface area contributed by atoms with Crippen molar-refractivity contribution < 1.29 is 23.6 Å². The van der Waals surface area contributed by atoms with E-state index in [9.17, 15) is 14.9 Å². The molecule has 0 aliphatic carbocycles. The Morgan fingerprint density at radius 1 is 1.33 bits per heavy atom. The van der Waals surface area contributed by atoms with Gasteiger partial charge in [-0.3, -0.25) is 10.1 Å². The zero-order chi connectivity index (χ0) is 15.4. The molecule has 0 atom stereocenters. The molecule has 0 aliphatic heterocycles. The molecule has 0 N–H and O–H groups in total. The Kier molecular flexibility index (Phi) is 4.22. The fourth-order valence-electron chi connectivity index (χ4n) is 1.77. The Morgan fingerprint density at radius 3 is 2.71 bits per heavy atom. The van der Waals surface area contributed by atoms with Crippen LogP contribution in [0.5, 0.6) is 5.75 Å². The van der Waals surface area contributed by atoms with E-state index in [-0.39, 0.29) is 12.4 Å². The van der Waals surface area contributed by atoms with Gasteiger partial charge in [-0.15, -0.1) is 0 Å². The molecule has 0 bridgehead atoms. The summed E-state index contributed by atoms with van der Waals surface area (Å²) >= 11 is 0. The second kappa shape index (κ2) is 6.08. The summed E-state index contributed by atoms with van der Waals surface area (Å²) in [5.41, 5.74) is 1.70. The Morgan fingerprint density at radius 2 is 2.10 bits per heavy atom. The molecule has 0 saturated heterocycles. The Labute approximate surface area is 120 Å². The smallest absolute Gasteiger partial charge is 0.433 e. The number of carbonyl (C=O) groups is 1. The number of carbonyl (C=O) groups excluding carboxylic acids is 1. The van der Waals surface area contributed by atoms with Crippen LogP contribution in [0.25, 0.3) is 0 Å². The molecule has 0 saturated carbocycles. The third-order valence-electron chi connectivity index (χ3n) is 2.77. The number of nitrogens with zero attached hydrogens (tertiary/aromatic N) is 1. The van der Waals surface area contributed by atoms with Crippen LogP contribution in [0.15, 0.2) is 34.7 Å². The van der Waals surface area contributed by atoms with Crippen molar-refractivity contribution in [3.05, 3.63) is 57.3 Å². The number of nitro groups is 1. The predicted molar refractivity (Wildman–Crippen MR) is 72.2 cm³/mol. The van der Waals surface area contributed by atoms with E-state index < -0.39 is 16.8 Å². The third-order valence-corrected chi connectivity index (χ3v) is 2.77. The number of ether oxygens (including phenoxy) is 2. The van der Waals surface area contributed by atoms with Crippen molar-refractivity contribution in [3.8, 4) is 5.75 Å². The van der Waals surface area contributed by atoms with Gasteiger partial charge >= 0.3 is 11.9 Å². The molecular formula is C14H13NO6. The van der Waals surface area contributed by atoms with Crippen LogP contribution >= 0.6 is 0 Å². The van der Waals surface area contributed by atoms with Crippen molar-refractivity contribution in [2.24, 2.45) is 0 Å². The molecule has 21 heavy (non-hydrogen) atoms. The van der Waals surface area contributed by atoms with E-state index in [0.29, 0.717) is 11.3 Å². The minimum atomic E-state index is -0.772. The molecule has 1 aromatic carbocycles. The third kappa shape index (κ3) is 3.38. The van der Waals surface area contributed by atoms with Gasteiger partial charge in [-0.2, -0.15) is 0 Å². The highest BCUT2D eigenvalue weighted by Gasteiger charge is 2.18. The predicted octanol–water partition coefficient (Wildman–Crippen LogP) is 2.86. The summed E-state index contributed by atoms with van der Waals surface area (Å²) in [6.07, 6.45) is 0. The van der Waals surface area contributed by atoms with Crippen LogP contribution in [-0.2, 0) is 11.3 Å². The van der Waals surface area contributed by atoms with Gasteiger partial charge in [0.25, 0.3) is 0 Å². The highest BCUT2D eigenvalue weighted by Crippen LogP contribution is 2.22. The number of aryl methyl sites for hydroxylation is 1. The summed E-state index contributed by atoms with van der Waals surface area (Å²) < 4.78 is 15.0. The maximum atomic E-state index is 11.8. The molecule has 0 amide bonds. The van der Waals surface area contributed by atoms with E-state index in [1.807, 2.05) is 19.1 Å². The number of hydrogen-bond acceptors (Lipinski definition) is 6. The van der Waals surface area contributed by atoms with Gasteiger partial charge in [0.2, 0.25) is 5.76 Å². The van der Waals surface area contributed by atoms with E-state index in [0.717, 1.165) is 11.6 Å². The quantitative estimate of drug-likeness (QED) is 0.478. The molecule has 2 aromatic rings. The molecule has 0 fully saturated rings. The zero-order valence-electron chi connectivity index (χ0n) is 11.5. The largest absolute Gasteiger partial charge is 0.496 e. The molecule has 0 radical (unpaired) electrons. The van der Waals surface area contributed by atoms with Gasteiger partial charge in [0.05, 0.1) is 13.2 Å². The minimum absolute atomic E-state index is 0.0157. The van der Waals surface area contributed by atoms with Gasteiger partial charge in [0.1, 0.15) is 17.3 Å². The van der Waals surface area contributed by atoms with E-state index in [1.165, 1.54) is 13.2 Å². The van der Waals surface area contributed by atoms with E-state index >= 15 is 0 Å². The fourth-order valence-corrected chi connectivity index (χ4v) is 1.77. The molecule has 1 aromatic heterocycles. The molecule has 2 rings (SSSR count). The van der Waals surface area contributed by atoms with Crippen molar-refractivity contribution in [2.75, 3.05) is 7.11 Å². The molecule has 0 spiro atoms. The first-order chi connectivity index (χ1) is 10.0. The van der Waals surface area contributed by atoms with Gasteiger partial charge < -0.3 is 13.9 Å². The summed E-state index contributed by atoms with van der Waals surface area (Å²) in [5.74, 6) is -0.895. The van der Waals surface area contributed by atoms with Crippen molar-refractivity contribution in [2.45, 2.75) is 13.5 Å². The van der Waals surface area contributed by atoms with Gasteiger partial charge in [-0.1, -0.05) is 11.6 Å². The zero-order valence-corrected chi connectivity index (χ0v) is 11.5. The number of methoxy groups -OCH3 is 1. The summed E-state index contributed by atoms with van der Waals surface area (Å²) in [5, 5.41) is 10.5. The molecule has 110 valence electrons. The van der Waals surface area contributed by atoms with Crippen molar-refractivity contribution >= 4 is 11.9 Å². The molecule has 0 unspecified atom stereocenters. The first-order valence-corrected chi connectivity index (χ1v) is 6.06. The minimum Gasteiger partial charge on any atom is -0.496 e. The first-order valence-electron chi connectivity index (χ1n) is 6.06. The monoisotopic (exact) mass is 291 g/mol. The van der Waals surface area contributed by atoms with Crippen LogP contribution in [-0.4, -0.2) is 18.0 Å². The van der Waals surface area contributed by atoms with E-state index in [2.05, 4.69) is 0 Å². The molecule has 7 heteroatoms. The lowest BCUT2D eigenvalue weighted by atomic mass is 10.1. The first kappa shape index (κ1) is 14.6. The van der Waals surface area contributed by atoms with Crippen LogP contribution < -0.4 is 4.74 Å². The summed E-state index contributed by atoms with van der Waals surface area (Å²) in [6.45, 7) is 1.89. The van der Waals surface area contributed by atoms with Crippen LogP contribution in [0.4, 0.5) is 5.88 Å². The number of esters is 1. The Bertz CT molecular complexity index is 676. The van der Waals surface area contributed by atoms with Crippen molar-refractivity contribution in [1.29, 1.82) is 0 Å². The molecule has 7 nitrogen and oxygen atoms in total. The highest BCUT2D eigenvalue weighted by molar-refractivity contribution is 5.86. The van der Waals surface area contributed by atoms with Crippen molar-refractivity contribution in [3.63, 3.8) is 0 Å². The van der Waals surface area contributed by atoms with E-state index in [4.69, 9.17) is 13.9 Å². The van der Waals surface area contributed by atoms with Crippen molar-refractivity contribution in [1.82, 2.24) is 0 Å². The summed E-state index contributed by atoms with van der Waals surface area (Å²) in [7, 11) is 1.52. The van der Waals surface area contributed by atoms with Crippen LogP contribution in [0, 0.1) is 17.0 Å². The van der Waals surface area contributed by atoms with Crippen LogP contribution in [0.2, 0.25) is 0 Å². The van der Waals surface area contributed by atoms with Crippen LogP contribution in [0.3, 0.4) is 0 Å². The van der Waals surface area contributed by atoms with Crippen LogP contribution in [0.1, 0.15) is 21.7 Å². The second-order valence-electron chi connectivity index (χ2n) is 4.29. The van der Waals surface area contributed by atoms with Gasteiger partial charge in [-0.05, 0) is 25.1 Å². The lowest BCUT2D eigenvalue weighted by Crippen LogP contribution is -2.05. The maximum absolute atomic E-state index is 11.8. The SMILES string of the molecule is COc1ccc(C)cc1COC(=O)c1ccc([N+](=O)[O-])o1. The average Bonchev–Trinajstić information content (AvgIpc) is 2.95. The van der Waals surface area contributed by atoms with Gasteiger partial charge in [0.15, 0.2) is 0 Å². The summed E-state index contributed by atoms with van der Waals surface area (Å²) in [6, 6.07) is 7.78. The Hall–Kier alpha value is -2.83.